The molecule has 9 heteroatoms. The van der Waals surface area contributed by atoms with E-state index in [9.17, 15) is 4.79 Å². The average Bonchev–Trinajstić information content (AvgIpc) is 3.52. The third kappa shape index (κ3) is 4.24. The second-order valence-corrected chi connectivity index (χ2v) is 9.14. The Kier molecular flexibility index (Phi) is 5.80. The Morgan fingerprint density at radius 2 is 1.76 bits per heavy atom. The molecule has 3 aromatic carbocycles. The van der Waals surface area contributed by atoms with Crippen molar-refractivity contribution in [3.63, 3.8) is 0 Å². The summed E-state index contributed by atoms with van der Waals surface area (Å²) in [4.78, 5) is 21.8. The highest BCUT2D eigenvalue weighted by Crippen LogP contribution is 2.26. The second kappa shape index (κ2) is 9.44. The predicted molar refractivity (Wildman–Crippen MR) is 146 cm³/mol. The van der Waals surface area contributed by atoms with Gasteiger partial charge in [-0.25, -0.2) is 14.6 Å². The zero-order valence-corrected chi connectivity index (χ0v) is 21.2. The van der Waals surface area contributed by atoms with Crippen molar-refractivity contribution in [3.05, 3.63) is 96.1 Å². The fourth-order valence-electron chi connectivity index (χ4n) is 4.48. The van der Waals surface area contributed by atoms with Crippen LogP contribution < -0.4 is 10.1 Å². The van der Waals surface area contributed by atoms with Gasteiger partial charge in [0.15, 0.2) is 18.1 Å². The Morgan fingerprint density at radius 3 is 2.63 bits per heavy atom. The van der Waals surface area contributed by atoms with E-state index in [0.29, 0.717) is 28.4 Å². The average molecular weight is 504 g/mol. The molecule has 0 atom stereocenters. The van der Waals surface area contributed by atoms with E-state index in [2.05, 4.69) is 45.4 Å². The molecule has 9 nitrogen and oxygen atoms in total. The van der Waals surface area contributed by atoms with Gasteiger partial charge < -0.3 is 10.1 Å². The standard InChI is InChI=1S/C29H25N7O2/c1-18-7-6-10-25(20(18)3)35-28-24(15-32-35)29(31-17-30-28)36-26(13-19(2)34-36)33-27(37)16-38-23-12-11-21-8-4-5-9-22(21)14-23/h4-15,17H,16H2,1-3H3,(H,33,37). The van der Waals surface area contributed by atoms with Crippen LogP contribution in [0.1, 0.15) is 16.8 Å². The Morgan fingerprint density at radius 1 is 0.921 bits per heavy atom. The smallest absolute Gasteiger partial charge is 0.263 e. The van der Waals surface area contributed by atoms with Crippen LogP contribution in [0.5, 0.6) is 5.75 Å². The lowest BCUT2D eigenvalue weighted by Gasteiger charge is -2.11. The molecular formula is C29H25N7O2. The third-order valence-corrected chi connectivity index (χ3v) is 6.54. The fraction of sp³-hybridized carbons (Fsp3) is 0.138. The van der Waals surface area contributed by atoms with Gasteiger partial charge >= 0.3 is 0 Å². The Balaban J connectivity index is 1.27. The summed E-state index contributed by atoms with van der Waals surface area (Å²) in [5.74, 6) is 1.31. The molecule has 0 fully saturated rings. The van der Waals surface area contributed by atoms with Crippen molar-refractivity contribution in [2.24, 2.45) is 0 Å². The lowest BCUT2D eigenvalue weighted by molar-refractivity contribution is -0.118. The summed E-state index contributed by atoms with van der Waals surface area (Å²) < 4.78 is 9.16. The quantitative estimate of drug-likeness (QED) is 0.340. The number of carbonyl (C=O) groups excluding carboxylic acids is 1. The number of aryl methyl sites for hydroxylation is 2. The molecular weight excluding hydrogens is 478 g/mol. The first-order chi connectivity index (χ1) is 18.5. The van der Waals surface area contributed by atoms with Crippen LogP contribution in [0.2, 0.25) is 0 Å². The number of amides is 1. The second-order valence-electron chi connectivity index (χ2n) is 9.14. The number of nitrogens with one attached hydrogen (secondary N) is 1. The van der Waals surface area contributed by atoms with Crippen molar-refractivity contribution in [2.45, 2.75) is 20.8 Å². The minimum atomic E-state index is -0.310. The molecule has 0 aliphatic rings. The number of nitrogens with zero attached hydrogens (tertiary/aromatic N) is 6. The van der Waals surface area contributed by atoms with Crippen LogP contribution in [-0.4, -0.2) is 42.0 Å². The maximum atomic E-state index is 12.8. The fourth-order valence-corrected chi connectivity index (χ4v) is 4.48. The van der Waals surface area contributed by atoms with Crippen LogP contribution >= 0.6 is 0 Å². The number of hydrogen-bond donors (Lipinski definition) is 1. The summed E-state index contributed by atoms with van der Waals surface area (Å²) in [6.07, 6.45) is 3.20. The van der Waals surface area contributed by atoms with E-state index in [4.69, 9.17) is 4.74 Å². The van der Waals surface area contributed by atoms with Crippen molar-refractivity contribution in [1.82, 2.24) is 29.5 Å². The third-order valence-electron chi connectivity index (χ3n) is 6.54. The van der Waals surface area contributed by atoms with E-state index < -0.39 is 0 Å². The highest BCUT2D eigenvalue weighted by Gasteiger charge is 2.18. The Labute approximate surface area is 218 Å². The molecule has 3 aromatic heterocycles. The molecule has 0 spiro atoms. The first-order valence-corrected chi connectivity index (χ1v) is 12.2. The predicted octanol–water partition coefficient (Wildman–Crippen LogP) is 5.10. The number of hydrogen-bond acceptors (Lipinski definition) is 6. The summed E-state index contributed by atoms with van der Waals surface area (Å²) in [6.45, 7) is 5.84. The monoisotopic (exact) mass is 503 g/mol. The lowest BCUT2D eigenvalue weighted by Crippen LogP contribution is -2.22. The zero-order valence-electron chi connectivity index (χ0n) is 21.2. The maximum Gasteiger partial charge on any atom is 0.263 e. The first kappa shape index (κ1) is 23.4. The molecule has 0 bridgehead atoms. The largest absolute Gasteiger partial charge is 0.484 e. The zero-order chi connectivity index (χ0) is 26.2. The van der Waals surface area contributed by atoms with E-state index in [-0.39, 0.29) is 12.5 Å². The Hall–Kier alpha value is -5.05. The molecule has 0 aliphatic carbocycles. The van der Waals surface area contributed by atoms with E-state index in [0.717, 1.165) is 27.7 Å². The number of anilines is 1. The van der Waals surface area contributed by atoms with Crippen LogP contribution in [0.25, 0.3) is 33.3 Å². The molecule has 3 heterocycles. The number of benzene rings is 3. The van der Waals surface area contributed by atoms with Gasteiger partial charge in [-0.05, 0) is 60.9 Å². The molecule has 38 heavy (non-hydrogen) atoms. The van der Waals surface area contributed by atoms with Crippen LogP contribution in [0.15, 0.2) is 79.3 Å². The van der Waals surface area contributed by atoms with Gasteiger partial charge in [0.2, 0.25) is 0 Å². The number of rotatable bonds is 6. The molecule has 0 unspecified atom stereocenters. The molecule has 0 saturated carbocycles. The summed E-state index contributed by atoms with van der Waals surface area (Å²) in [5.41, 5.74) is 4.60. The summed E-state index contributed by atoms with van der Waals surface area (Å²) >= 11 is 0. The molecule has 0 saturated heterocycles. The molecule has 1 N–H and O–H groups in total. The van der Waals surface area contributed by atoms with E-state index in [1.165, 1.54) is 11.9 Å². The van der Waals surface area contributed by atoms with Crippen LogP contribution in [-0.2, 0) is 4.79 Å². The highest BCUT2D eigenvalue weighted by atomic mass is 16.5. The van der Waals surface area contributed by atoms with Crippen molar-refractivity contribution >= 4 is 33.5 Å². The SMILES string of the molecule is Cc1cc(NC(=O)COc2ccc3ccccc3c2)n(-c2ncnc3c2cnn3-c2cccc(C)c2C)n1. The van der Waals surface area contributed by atoms with Gasteiger partial charge in [0, 0.05) is 6.07 Å². The number of carbonyl (C=O) groups is 1. The van der Waals surface area contributed by atoms with Gasteiger partial charge in [0.25, 0.3) is 5.91 Å². The topological polar surface area (TPSA) is 99.7 Å². The van der Waals surface area contributed by atoms with Crippen molar-refractivity contribution in [3.8, 4) is 17.3 Å². The van der Waals surface area contributed by atoms with Crippen molar-refractivity contribution in [1.29, 1.82) is 0 Å². The minimum absolute atomic E-state index is 0.147. The van der Waals surface area contributed by atoms with E-state index >= 15 is 0 Å². The van der Waals surface area contributed by atoms with Crippen molar-refractivity contribution < 1.29 is 9.53 Å². The summed E-state index contributed by atoms with van der Waals surface area (Å²) in [7, 11) is 0. The van der Waals surface area contributed by atoms with Crippen molar-refractivity contribution in [2.75, 3.05) is 11.9 Å². The van der Waals surface area contributed by atoms with Crippen LogP contribution in [0, 0.1) is 20.8 Å². The van der Waals surface area contributed by atoms with Crippen LogP contribution in [0.4, 0.5) is 5.82 Å². The molecule has 0 aliphatic heterocycles. The molecule has 1 amide bonds. The maximum absolute atomic E-state index is 12.8. The van der Waals surface area contributed by atoms with E-state index in [1.54, 1.807) is 21.6 Å². The summed E-state index contributed by atoms with van der Waals surface area (Å²) in [5, 5.41) is 15.0. The molecule has 188 valence electrons. The molecule has 6 aromatic rings. The van der Waals surface area contributed by atoms with Crippen LogP contribution in [0.3, 0.4) is 0 Å². The van der Waals surface area contributed by atoms with Gasteiger partial charge in [-0.3, -0.25) is 4.79 Å². The molecule has 6 rings (SSSR count). The first-order valence-electron chi connectivity index (χ1n) is 12.2. The minimum Gasteiger partial charge on any atom is -0.484 e. The van der Waals surface area contributed by atoms with Gasteiger partial charge in [-0.1, -0.05) is 42.5 Å². The number of fused-ring (bicyclic) bond motifs is 2. The normalized spacial score (nSPS) is 11.2. The summed E-state index contributed by atoms with van der Waals surface area (Å²) in [6, 6.07) is 21.6. The lowest BCUT2D eigenvalue weighted by atomic mass is 10.1. The number of ether oxygens (including phenoxy) is 1. The van der Waals surface area contributed by atoms with Gasteiger partial charge in [-0.2, -0.15) is 14.9 Å². The number of aromatic nitrogens is 6. The van der Waals surface area contributed by atoms with E-state index in [1.807, 2.05) is 61.5 Å². The van der Waals surface area contributed by atoms with Gasteiger partial charge in [-0.15, -0.1) is 0 Å². The van der Waals surface area contributed by atoms with Gasteiger partial charge in [0.1, 0.15) is 17.9 Å². The van der Waals surface area contributed by atoms with Gasteiger partial charge in [0.05, 0.1) is 23.0 Å². The Bertz CT molecular complexity index is 1820. The molecule has 0 radical (unpaired) electrons. The highest BCUT2D eigenvalue weighted by molar-refractivity contribution is 5.92.